The highest BCUT2D eigenvalue weighted by Crippen LogP contribution is 2.35. The van der Waals surface area contributed by atoms with Crippen LogP contribution in [-0.4, -0.2) is 34.8 Å². The molecular weight excluding hydrogens is 228 g/mol. The van der Waals surface area contributed by atoms with Crippen molar-refractivity contribution in [2.75, 3.05) is 19.8 Å². The molecule has 1 saturated carbocycles. The van der Waals surface area contributed by atoms with Crippen molar-refractivity contribution in [2.45, 2.75) is 50.5 Å². The van der Waals surface area contributed by atoms with Gasteiger partial charge in [-0.3, -0.25) is 0 Å². The fraction of sp³-hybridized carbons (Fsp3) is 0.846. The van der Waals surface area contributed by atoms with E-state index >= 15 is 0 Å². The van der Waals surface area contributed by atoms with Crippen LogP contribution in [0.25, 0.3) is 0 Å². The van der Waals surface area contributed by atoms with Gasteiger partial charge in [0.25, 0.3) is 0 Å². The molecule has 1 aromatic heterocycles. The van der Waals surface area contributed by atoms with Gasteiger partial charge >= 0.3 is 0 Å². The van der Waals surface area contributed by atoms with Crippen molar-refractivity contribution in [1.82, 2.24) is 15.0 Å². The zero-order valence-corrected chi connectivity index (χ0v) is 10.8. The molecule has 1 saturated heterocycles. The first-order valence-electron chi connectivity index (χ1n) is 7.12. The lowest BCUT2D eigenvalue weighted by molar-refractivity contribution is 0.192. The van der Waals surface area contributed by atoms with E-state index in [9.17, 15) is 0 Å². The van der Waals surface area contributed by atoms with Gasteiger partial charge in [-0.15, -0.1) is 5.10 Å². The normalized spacial score (nSPS) is 25.1. The summed E-state index contributed by atoms with van der Waals surface area (Å²) in [5.74, 6) is 0.474. The Kier molecular flexibility index (Phi) is 3.61. The molecule has 2 heterocycles. The minimum atomic E-state index is 0.474. The van der Waals surface area contributed by atoms with Crippen molar-refractivity contribution in [3.63, 3.8) is 0 Å². The fourth-order valence-electron chi connectivity index (χ4n) is 3.24. The first-order valence-corrected chi connectivity index (χ1v) is 7.12. The Hall–Kier alpha value is -0.940. The van der Waals surface area contributed by atoms with Gasteiger partial charge in [0.05, 0.1) is 24.0 Å². The van der Waals surface area contributed by atoms with Crippen molar-refractivity contribution in [3.8, 4) is 0 Å². The molecule has 5 heteroatoms. The number of ether oxygens (including phenoxy) is 1. The van der Waals surface area contributed by atoms with Crippen molar-refractivity contribution < 1.29 is 4.74 Å². The molecular formula is C13H22N4O. The molecule has 1 aliphatic heterocycles. The van der Waals surface area contributed by atoms with E-state index in [2.05, 4.69) is 15.0 Å². The van der Waals surface area contributed by atoms with E-state index in [1.807, 2.05) is 0 Å². The molecule has 2 aliphatic rings. The summed E-state index contributed by atoms with van der Waals surface area (Å²) in [6, 6.07) is 0.555. The van der Waals surface area contributed by atoms with Crippen LogP contribution in [0.15, 0.2) is 0 Å². The smallest absolute Gasteiger partial charge is 0.0875 e. The highest BCUT2D eigenvalue weighted by molar-refractivity contribution is 5.18. The van der Waals surface area contributed by atoms with Gasteiger partial charge in [-0.2, -0.15) is 0 Å². The fourth-order valence-corrected chi connectivity index (χ4v) is 3.24. The standard InChI is InChI=1S/C13H22N4O/c14-7-5-12-13(10-6-8-18-9-10)17(16-15-12)11-3-1-2-4-11/h10-11H,1-9,14H2. The zero-order chi connectivity index (χ0) is 12.4. The maximum atomic E-state index is 5.68. The molecule has 1 aromatic rings. The average Bonchev–Trinajstić information content (AvgIpc) is 3.10. The molecule has 5 nitrogen and oxygen atoms in total. The van der Waals surface area contributed by atoms with E-state index in [1.165, 1.54) is 31.4 Å². The van der Waals surface area contributed by atoms with Gasteiger partial charge in [0.1, 0.15) is 0 Å². The van der Waals surface area contributed by atoms with Crippen LogP contribution in [0, 0.1) is 0 Å². The topological polar surface area (TPSA) is 66.0 Å². The second-order valence-electron chi connectivity index (χ2n) is 5.40. The summed E-state index contributed by atoms with van der Waals surface area (Å²) >= 11 is 0. The molecule has 0 spiro atoms. The molecule has 1 atom stereocenters. The number of rotatable bonds is 4. The maximum Gasteiger partial charge on any atom is 0.0875 e. The summed E-state index contributed by atoms with van der Waals surface area (Å²) in [6.45, 7) is 2.32. The van der Waals surface area contributed by atoms with Crippen LogP contribution >= 0.6 is 0 Å². The number of aromatic nitrogens is 3. The van der Waals surface area contributed by atoms with E-state index in [1.54, 1.807) is 0 Å². The van der Waals surface area contributed by atoms with Gasteiger partial charge in [-0.05, 0) is 25.8 Å². The third kappa shape index (κ3) is 2.17. The van der Waals surface area contributed by atoms with E-state index < -0.39 is 0 Å². The molecule has 3 rings (SSSR count). The Balaban J connectivity index is 1.91. The van der Waals surface area contributed by atoms with Crippen LogP contribution in [0.3, 0.4) is 0 Å². The summed E-state index contributed by atoms with van der Waals surface area (Å²) in [5, 5.41) is 8.79. The Morgan fingerprint density at radius 3 is 2.78 bits per heavy atom. The van der Waals surface area contributed by atoms with E-state index in [-0.39, 0.29) is 0 Å². The molecule has 18 heavy (non-hydrogen) atoms. The minimum Gasteiger partial charge on any atom is -0.381 e. The van der Waals surface area contributed by atoms with Crippen molar-refractivity contribution >= 4 is 0 Å². The second kappa shape index (κ2) is 5.36. The molecule has 0 amide bonds. The first kappa shape index (κ1) is 12.1. The lowest BCUT2D eigenvalue weighted by Crippen LogP contribution is -2.16. The summed E-state index contributed by atoms with van der Waals surface area (Å²) < 4.78 is 7.72. The lowest BCUT2D eigenvalue weighted by Gasteiger charge is -2.17. The van der Waals surface area contributed by atoms with E-state index in [4.69, 9.17) is 10.5 Å². The molecule has 2 N–H and O–H groups in total. The molecule has 0 bridgehead atoms. The van der Waals surface area contributed by atoms with Crippen LogP contribution in [0.4, 0.5) is 0 Å². The molecule has 1 aliphatic carbocycles. The van der Waals surface area contributed by atoms with E-state index in [0.717, 1.165) is 31.7 Å². The largest absolute Gasteiger partial charge is 0.381 e. The minimum absolute atomic E-state index is 0.474. The van der Waals surface area contributed by atoms with Gasteiger partial charge in [0.2, 0.25) is 0 Å². The Labute approximate surface area is 108 Å². The molecule has 2 fully saturated rings. The number of hydrogen-bond acceptors (Lipinski definition) is 4. The SMILES string of the molecule is NCCc1nnn(C2CCCC2)c1C1CCOC1. The first-order chi connectivity index (χ1) is 8.90. The lowest BCUT2D eigenvalue weighted by atomic mass is 10.0. The number of hydrogen-bond donors (Lipinski definition) is 1. The van der Waals surface area contributed by atoms with Gasteiger partial charge in [0, 0.05) is 18.9 Å². The Morgan fingerprint density at radius 2 is 2.11 bits per heavy atom. The van der Waals surface area contributed by atoms with Crippen LogP contribution < -0.4 is 5.73 Å². The van der Waals surface area contributed by atoms with E-state index in [0.29, 0.717) is 18.5 Å². The van der Waals surface area contributed by atoms with Gasteiger partial charge in [-0.25, -0.2) is 4.68 Å². The third-order valence-corrected chi connectivity index (χ3v) is 4.17. The zero-order valence-electron chi connectivity index (χ0n) is 10.8. The Bertz CT molecular complexity index is 392. The molecule has 0 aromatic carbocycles. The number of nitrogens with zero attached hydrogens (tertiary/aromatic N) is 3. The average molecular weight is 250 g/mol. The summed E-state index contributed by atoms with van der Waals surface area (Å²) in [6.07, 6.45) is 7.04. The van der Waals surface area contributed by atoms with Crippen LogP contribution in [0.2, 0.25) is 0 Å². The van der Waals surface area contributed by atoms with Gasteiger partial charge in [0.15, 0.2) is 0 Å². The number of nitrogens with two attached hydrogens (primary N) is 1. The van der Waals surface area contributed by atoms with Crippen molar-refractivity contribution in [2.24, 2.45) is 5.73 Å². The van der Waals surface area contributed by atoms with Crippen LogP contribution in [0.5, 0.6) is 0 Å². The van der Waals surface area contributed by atoms with Gasteiger partial charge in [-0.1, -0.05) is 18.1 Å². The predicted molar refractivity (Wildman–Crippen MR) is 68.5 cm³/mol. The summed E-state index contributed by atoms with van der Waals surface area (Å²) in [5.41, 5.74) is 8.09. The van der Waals surface area contributed by atoms with Crippen molar-refractivity contribution in [3.05, 3.63) is 11.4 Å². The monoisotopic (exact) mass is 250 g/mol. The summed E-state index contributed by atoms with van der Waals surface area (Å²) in [4.78, 5) is 0. The highest BCUT2D eigenvalue weighted by Gasteiger charge is 2.29. The second-order valence-corrected chi connectivity index (χ2v) is 5.40. The van der Waals surface area contributed by atoms with Crippen LogP contribution in [0.1, 0.15) is 55.5 Å². The van der Waals surface area contributed by atoms with Crippen molar-refractivity contribution in [1.29, 1.82) is 0 Å². The van der Waals surface area contributed by atoms with Gasteiger partial charge < -0.3 is 10.5 Å². The highest BCUT2D eigenvalue weighted by atomic mass is 16.5. The predicted octanol–water partition coefficient (Wildman–Crippen LogP) is 1.40. The maximum absolute atomic E-state index is 5.68. The molecule has 0 radical (unpaired) electrons. The molecule has 1 unspecified atom stereocenters. The van der Waals surface area contributed by atoms with Crippen LogP contribution in [-0.2, 0) is 11.2 Å². The Morgan fingerprint density at radius 1 is 1.28 bits per heavy atom. The third-order valence-electron chi connectivity index (χ3n) is 4.17. The molecule has 100 valence electrons. The summed E-state index contributed by atoms with van der Waals surface area (Å²) in [7, 11) is 0. The quantitative estimate of drug-likeness (QED) is 0.877.